The molecule has 1 aliphatic heterocycles. The predicted octanol–water partition coefficient (Wildman–Crippen LogP) is 3.19. The second-order valence-corrected chi connectivity index (χ2v) is 9.49. The van der Waals surface area contributed by atoms with Crippen LogP contribution in [-0.4, -0.2) is 61.5 Å². The Morgan fingerprint density at radius 3 is 2.64 bits per heavy atom. The van der Waals surface area contributed by atoms with E-state index in [0.29, 0.717) is 71.6 Å². The van der Waals surface area contributed by atoms with Crippen molar-refractivity contribution < 1.29 is 13.7 Å². The number of morpholine rings is 1. The van der Waals surface area contributed by atoms with Crippen molar-refractivity contribution in [3.63, 3.8) is 0 Å². The van der Waals surface area contributed by atoms with E-state index < -0.39 is 17.2 Å². The molecule has 0 amide bonds. The number of rotatable bonds is 7. The maximum absolute atomic E-state index is 15.4. The molecule has 5 rings (SSSR count). The molecule has 3 aromatic heterocycles. The number of hydrogen-bond acceptors (Lipinski definition) is 10. The summed E-state index contributed by atoms with van der Waals surface area (Å²) in [7, 11) is 0. The molecule has 3 N–H and O–H groups in total. The summed E-state index contributed by atoms with van der Waals surface area (Å²) in [5.41, 5.74) is 8.28. The van der Waals surface area contributed by atoms with Gasteiger partial charge in [0.25, 0.3) is 0 Å². The van der Waals surface area contributed by atoms with Crippen molar-refractivity contribution >= 4 is 39.8 Å². The van der Waals surface area contributed by atoms with Crippen molar-refractivity contribution in [2.24, 2.45) is 0 Å². The van der Waals surface area contributed by atoms with Gasteiger partial charge in [-0.1, -0.05) is 13.0 Å². The minimum atomic E-state index is -1.36. The smallest absolute Gasteiger partial charge is 0.219 e. The lowest BCUT2D eigenvalue weighted by Crippen LogP contribution is -2.37. The largest absolute Gasteiger partial charge is 0.593 e. The van der Waals surface area contributed by atoms with E-state index in [-0.39, 0.29) is 11.6 Å². The number of nitrogens with two attached hydrogens (primary N) is 1. The molecule has 36 heavy (non-hydrogen) atoms. The number of benzene rings is 1. The number of halogens is 1. The summed E-state index contributed by atoms with van der Waals surface area (Å²) in [6.45, 7) is 4.30. The normalized spacial score (nSPS) is 14.7. The van der Waals surface area contributed by atoms with Crippen LogP contribution in [0.5, 0.6) is 0 Å². The minimum absolute atomic E-state index is 0.163. The topological polar surface area (TPSA) is 138 Å². The Bertz CT molecular complexity index is 1370. The zero-order chi connectivity index (χ0) is 25.1. The summed E-state index contributed by atoms with van der Waals surface area (Å²) >= 11 is -1.36. The van der Waals surface area contributed by atoms with Crippen LogP contribution < -0.4 is 15.4 Å². The third-order valence-corrected chi connectivity index (χ3v) is 6.88. The van der Waals surface area contributed by atoms with Gasteiger partial charge in [0.05, 0.1) is 41.3 Å². The van der Waals surface area contributed by atoms with Gasteiger partial charge in [-0.15, -0.1) is 0 Å². The van der Waals surface area contributed by atoms with Gasteiger partial charge >= 0.3 is 0 Å². The number of fused-ring (bicyclic) bond motifs is 1. The number of anilines is 3. The van der Waals surface area contributed by atoms with E-state index in [1.165, 1.54) is 0 Å². The van der Waals surface area contributed by atoms with Crippen LogP contribution in [0.3, 0.4) is 0 Å². The molecule has 10 nitrogen and oxygen atoms in total. The van der Waals surface area contributed by atoms with Gasteiger partial charge in [0.1, 0.15) is 17.0 Å². The Hall–Kier alpha value is -3.61. The highest BCUT2D eigenvalue weighted by Crippen LogP contribution is 2.32. The number of pyridine rings is 1. The monoisotopic (exact) mass is 508 g/mol. The van der Waals surface area contributed by atoms with Gasteiger partial charge in [0.15, 0.2) is 17.5 Å². The average molecular weight is 509 g/mol. The third kappa shape index (κ3) is 5.01. The van der Waals surface area contributed by atoms with Crippen LogP contribution in [0.15, 0.2) is 42.7 Å². The Labute approximate surface area is 210 Å². The molecule has 1 unspecified atom stereocenters. The van der Waals surface area contributed by atoms with Crippen molar-refractivity contribution in [2.75, 3.05) is 47.4 Å². The number of nitrogens with zero attached hydrogens (tertiary/aromatic N) is 6. The zero-order valence-corrected chi connectivity index (χ0v) is 20.5. The quantitative estimate of drug-likeness (QED) is 0.358. The van der Waals surface area contributed by atoms with Gasteiger partial charge in [-0.2, -0.15) is 0 Å². The van der Waals surface area contributed by atoms with Gasteiger partial charge in [-0.25, -0.2) is 34.0 Å². The predicted molar refractivity (Wildman–Crippen MR) is 138 cm³/mol. The summed E-state index contributed by atoms with van der Waals surface area (Å²) in [5, 5.41) is 0. The van der Waals surface area contributed by atoms with Crippen LogP contribution in [-0.2, 0) is 16.1 Å². The maximum Gasteiger partial charge on any atom is 0.219 e. The summed E-state index contributed by atoms with van der Waals surface area (Å²) < 4.78 is 35.8. The first-order valence-electron chi connectivity index (χ1n) is 11.6. The molecule has 1 aromatic carbocycles. The summed E-state index contributed by atoms with van der Waals surface area (Å²) in [4.78, 5) is 24.4. The molecule has 0 bridgehead atoms. The zero-order valence-electron chi connectivity index (χ0n) is 19.6. The van der Waals surface area contributed by atoms with Gasteiger partial charge in [0, 0.05) is 31.0 Å². The van der Waals surface area contributed by atoms with E-state index in [4.69, 9.17) is 20.4 Å². The van der Waals surface area contributed by atoms with E-state index in [0.717, 1.165) is 6.42 Å². The Morgan fingerprint density at radius 1 is 1.11 bits per heavy atom. The van der Waals surface area contributed by atoms with Crippen molar-refractivity contribution in [1.82, 2.24) is 24.9 Å². The Kier molecular flexibility index (Phi) is 7.07. The van der Waals surface area contributed by atoms with Crippen LogP contribution >= 0.6 is 0 Å². The number of aromatic nitrogens is 5. The fourth-order valence-corrected chi connectivity index (χ4v) is 4.77. The Morgan fingerprint density at radius 2 is 1.89 bits per heavy atom. The molecule has 12 heteroatoms. The lowest BCUT2D eigenvalue weighted by Gasteiger charge is -2.28. The summed E-state index contributed by atoms with van der Waals surface area (Å²) in [6, 6.07) is 8.43. The lowest BCUT2D eigenvalue weighted by atomic mass is 10.1. The highest BCUT2D eigenvalue weighted by molar-refractivity contribution is 7.92. The molecule has 0 aliphatic carbocycles. The number of hydrogen-bond donors (Lipinski definition) is 2. The molecular formula is C24H25FN8O2S. The summed E-state index contributed by atoms with van der Waals surface area (Å²) in [6.07, 6.45) is 3.87. The van der Waals surface area contributed by atoms with Crippen LogP contribution in [0.2, 0.25) is 0 Å². The molecule has 0 radical (unpaired) electrons. The first-order valence-corrected chi connectivity index (χ1v) is 12.9. The lowest BCUT2D eigenvalue weighted by molar-refractivity contribution is 0.122. The molecular weight excluding hydrogens is 483 g/mol. The van der Waals surface area contributed by atoms with Crippen LogP contribution in [0.25, 0.3) is 33.7 Å². The van der Waals surface area contributed by atoms with Crippen LogP contribution in [0, 0.1) is 5.82 Å². The molecule has 1 atom stereocenters. The second kappa shape index (κ2) is 10.6. The average Bonchev–Trinajstić information content (AvgIpc) is 2.90. The number of nitrogens with one attached hydrogen (secondary N) is 1. The van der Waals surface area contributed by atoms with Crippen molar-refractivity contribution in [1.29, 1.82) is 0 Å². The van der Waals surface area contributed by atoms with E-state index in [1.807, 2.05) is 6.92 Å². The first kappa shape index (κ1) is 24.1. The molecule has 1 aliphatic rings. The first-order chi connectivity index (χ1) is 17.5. The molecule has 4 aromatic rings. The van der Waals surface area contributed by atoms with E-state index in [2.05, 4.69) is 24.6 Å². The van der Waals surface area contributed by atoms with Crippen molar-refractivity contribution in [3.8, 4) is 22.6 Å². The van der Waals surface area contributed by atoms with Gasteiger partial charge in [-0.05, 0) is 30.7 Å². The fraction of sp³-hybridized carbons (Fsp3) is 0.292. The van der Waals surface area contributed by atoms with Gasteiger partial charge in [-0.3, -0.25) is 0 Å². The SMILES string of the molecule is CCC[S+]([O-])Nc1cccc(-c2ccc3nc(-c4cnc(N)nc4)nc(N4CCOCC4)c3n2)c1F. The fourth-order valence-electron chi connectivity index (χ4n) is 3.89. The van der Waals surface area contributed by atoms with Crippen molar-refractivity contribution in [3.05, 3.63) is 48.5 Å². The Balaban J connectivity index is 1.60. The van der Waals surface area contributed by atoms with E-state index >= 15 is 4.39 Å². The molecule has 186 valence electrons. The second-order valence-electron chi connectivity index (χ2n) is 8.18. The van der Waals surface area contributed by atoms with Gasteiger partial charge in [0.2, 0.25) is 5.95 Å². The van der Waals surface area contributed by atoms with Crippen LogP contribution in [0.4, 0.5) is 21.8 Å². The summed E-state index contributed by atoms with van der Waals surface area (Å²) in [5.74, 6) is 1.14. The molecule has 4 heterocycles. The highest BCUT2D eigenvalue weighted by Gasteiger charge is 2.21. The van der Waals surface area contributed by atoms with Crippen molar-refractivity contribution in [2.45, 2.75) is 13.3 Å². The molecule has 0 saturated carbocycles. The van der Waals surface area contributed by atoms with E-state index in [1.54, 1.807) is 42.7 Å². The number of nitrogen functional groups attached to an aromatic ring is 1. The molecule has 0 spiro atoms. The maximum atomic E-state index is 15.4. The third-order valence-electron chi connectivity index (χ3n) is 5.65. The minimum Gasteiger partial charge on any atom is -0.593 e. The molecule has 1 saturated heterocycles. The molecule has 1 fully saturated rings. The number of ether oxygens (including phenoxy) is 1. The van der Waals surface area contributed by atoms with Gasteiger partial charge < -0.3 is 19.9 Å². The standard InChI is InChI=1S/C24H25FN8O2S/c1-2-12-36(34)32-18-5-3-4-16(20(18)25)17-6-7-19-21(29-17)23(33-8-10-35-11-9-33)31-22(30-19)15-13-27-24(26)28-14-15/h3-7,13-14,32H,2,8-12H2,1H3,(H2,26,27,28). The highest BCUT2D eigenvalue weighted by atomic mass is 32.2. The van der Waals surface area contributed by atoms with E-state index in [9.17, 15) is 4.55 Å². The van der Waals surface area contributed by atoms with Crippen LogP contribution in [0.1, 0.15) is 13.3 Å².